The second-order valence-electron chi connectivity index (χ2n) is 6.51. The van der Waals surface area contributed by atoms with Crippen molar-refractivity contribution in [2.45, 2.75) is 38.6 Å². The zero-order valence-corrected chi connectivity index (χ0v) is 13.7. The van der Waals surface area contributed by atoms with E-state index < -0.39 is 0 Å². The Morgan fingerprint density at radius 2 is 2.13 bits per heavy atom. The van der Waals surface area contributed by atoms with Crippen LogP contribution in [0.1, 0.15) is 43.0 Å². The van der Waals surface area contributed by atoms with Crippen molar-refractivity contribution in [3.05, 3.63) is 29.8 Å². The van der Waals surface area contributed by atoms with Gasteiger partial charge in [-0.2, -0.15) is 0 Å². The predicted molar refractivity (Wildman–Crippen MR) is 90.4 cm³/mol. The molecule has 2 aliphatic rings. The third-order valence-corrected chi connectivity index (χ3v) is 4.97. The smallest absolute Gasteiger partial charge is 0.251 e. The van der Waals surface area contributed by atoms with E-state index in [0.717, 1.165) is 12.5 Å². The zero-order chi connectivity index (χ0) is 16.2. The van der Waals surface area contributed by atoms with Gasteiger partial charge in [0.1, 0.15) is 0 Å². The Labute approximate surface area is 137 Å². The summed E-state index contributed by atoms with van der Waals surface area (Å²) in [5.74, 6) is 0.686. The molecule has 1 aliphatic heterocycles. The Bertz CT molecular complexity index is 587. The maximum absolute atomic E-state index is 12.3. The van der Waals surface area contributed by atoms with Crippen molar-refractivity contribution >= 4 is 17.5 Å². The number of carbonyl (C=O) groups is 2. The number of likely N-dealkylation sites (tertiary alicyclic amines) is 1. The van der Waals surface area contributed by atoms with Crippen molar-refractivity contribution in [1.29, 1.82) is 0 Å². The van der Waals surface area contributed by atoms with Gasteiger partial charge in [0.2, 0.25) is 5.91 Å². The van der Waals surface area contributed by atoms with Crippen molar-refractivity contribution in [3.8, 4) is 0 Å². The minimum atomic E-state index is -0.114. The van der Waals surface area contributed by atoms with Crippen molar-refractivity contribution in [1.82, 2.24) is 10.2 Å². The molecule has 5 heteroatoms. The van der Waals surface area contributed by atoms with E-state index in [-0.39, 0.29) is 11.8 Å². The van der Waals surface area contributed by atoms with Gasteiger partial charge >= 0.3 is 0 Å². The van der Waals surface area contributed by atoms with Gasteiger partial charge in [-0.25, -0.2) is 0 Å². The van der Waals surface area contributed by atoms with Gasteiger partial charge in [0.15, 0.2) is 0 Å². The van der Waals surface area contributed by atoms with E-state index in [1.54, 1.807) is 18.2 Å². The molecule has 1 heterocycles. The van der Waals surface area contributed by atoms with Gasteiger partial charge in [0.05, 0.1) is 6.54 Å². The maximum Gasteiger partial charge on any atom is 0.251 e. The number of nitrogens with one attached hydrogen (secondary N) is 2. The first kappa shape index (κ1) is 16.0. The molecule has 1 saturated heterocycles. The third-order valence-electron chi connectivity index (χ3n) is 4.97. The number of hydrogen-bond acceptors (Lipinski definition) is 3. The van der Waals surface area contributed by atoms with Gasteiger partial charge in [-0.1, -0.05) is 12.5 Å². The molecule has 1 aromatic carbocycles. The van der Waals surface area contributed by atoms with Gasteiger partial charge in [0, 0.05) is 23.8 Å². The quantitative estimate of drug-likeness (QED) is 0.876. The first-order chi connectivity index (χ1) is 11.2. The molecule has 2 atom stereocenters. The predicted octanol–water partition coefficient (Wildman–Crippen LogP) is 2.25. The summed E-state index contributed by atoms with van der Waals surface area (Å²) >= 11 is 0. The molecule has 0 radical (unpaired) electrons. The highest BCUT2D eigenvalue weighted by molar-refractivity contribution is 5.97. The molecular weight excluding hydrogens is 290 g/mol. The van der Waals surface area contributed by atoms with Crippen LogP contribution in [0, 0.1) is 5.92 Å². The van der Waals surface area contributed by atoms with E-state index in [2.05, 4.69) is 15.5 Å². The van der Waals surface area contributed by atoms with Gasteiger partial charge in [0.25, 0.3) is 5.91 Å². The Hall–Kier alpha value is -1.88. The lowest BCUT2D eigenvalue weighted by Gasteiger charge is -2.22. The second-order valence-corrected chi connectivity index (χ2v) is 6.51. The molecule has 2 fully saturated rings. The molecular formula is C18H25N3O2. The van der Waals surface area contributed by atoms with E-state index in [0.29, 0.717) is 30.4 Å². The van der Waals surface area contributed by atoms with E-state index in [1.165, 1.54) is 25.7 Å². The average Bonchev–Trinajstić information content (AvgIpc) is 3.13. The van der Waals surface area contributed by atoms with Crippen LogP contribution in [-0.4, -0.2) is 42.4 Å². The summed E-state index contributed by atoms with van der Waals surface area (Å²) < 4.78 is 0. The lowest BCUT2D eigenvalue weighted by atomic mass is 10.0. The van der Waals surface area contributed by atoms with E-state index in [9.17, 15) is 9.59 Å². The number of anilines is 1. The fraction of sp³-hybridized carbons (Fsp3) is 0.556. The van der Waals surface area contributed by atoms with Gasteiger partial charge in [-0.05, 0) is 56.8 Å². The van der Waals surface area contributed by atoms with Crippen LogP contribution in [0.2, 0.25) is 0 Å². The minimum Gasteiger partial charge on any atom is -0.352 e. The summed E-state index contributed by atoms with van der Waals surface area (Å²) in [6.45, 7) is 3.96. The molecule has 0 spiro atoms. The molecule has 124 valence electrons. The summed E-state index contributed by atoms with van der Waals surface area (Å²) in [5, 5.41) is 5.69. The molecule has 1 aromatic rings. The van der Waals surface area contributed by atoms with Crippen LogP contribution >= 0.6 is 0 Å². The fourth-order valence-electron chi connectivity index (χ4n) is 3.91. The van der Waals surface area contributed by atoms with Crippen LogP contribution in [0.15, 0.2) is 24.3 Å². The van der Waals surface area contributed by atoms with Crippen molar-refractivity contribution in [3.63, 3.8) is 0 Å². The molecule has 2 amide bonds. The number of amides is 2. The summed E-state index contributed by atoms with van der Waals surface area (Å²) in [7, 11) is 0. The van der Waals surface area contributed by atoms with Gasteiger partial charge in [-0.3, -0.25) is 14.5 Å². The van der Waals surface area contributed by atoms with E-state index in [1.807, 2.05) is 13.0 Å². The topological polar surface area (TPSA) is 61.4 Å². The lowest BCUT2D eigenvalue weighted by molar-refractivity contribution is -0.117. The number of fused-ring (bicyclic) bond motifs is 1. The molecule has 1 saturated carbocycles. The zero-order valence-electron chi connectivity index (χ0n) is 13.7. The Morgan fingerprint density at radius 1 is 1.26 bits per heavy atom. The number of benzene rings is 1. The average molecular weight is 315 g/mol. The fourth-order valence-corrected chi connectivity index (χ4v) is 3.91. The molecule has 0 bridgehead atoms. The number of rotatable bonds is 5. The Balaban J connectivity index is 1.57. The standard InChI is InChI=1S/C18H25N3O2/c1-2-19-18(23)14-6-3-7-15(11-14)20-17(22)12-21-10-9-13-5-4-8-16(13)21/h3,6-7,11,13,16H,2,4-5,8-10,12H2,1H3,(H,19,23)(H,20,22)/t13-,16-/m0/s1. The van der Waals surface area contributed by atoms with Crippen molar-refractivity contribution < 1.29 is 9.59 Å². The molecule has 0 unspecified atom stereocenters. The molecule has 3 rings (SSSR count). The number of nitrogens with zero attached hydrogens (tertiary/aromatic N) is 1. The number of hydrogen-bond donors (Lipinski definition) is 2. The lowest BCUT2D eigenvalue weighted by Crippen LogP contribution is -2.37. The van der Waals surface area contributed by atoms with Gasteiger partial charge < -0.3 is 10.6 Å². The third kappa shape index (κ3) is 3.72. The maximum atomic E-state index is 12.3. The number of carbonyl (C=O) groups excluding carboxylic acids is 2. The van der Waals surface area contributed by atoms with E-state index >= 15 is 0 Å². The normalized spacial score (nSPS) is 23.5. The van der Waals surface area contributed by atoms with Crippen LogP contribution in [0.25, 0.3) is 0 Å². The van der Waals surface area contributed by atoms with Crippen molar-refractivity contribution in [2.75, 3.05) is 25.0 Å². The molecule has 5 nitrogen and oxygen atoms in total. The summed E-state index contributed by atoms with van der Waals surface area (Å²) in [5.41, 5.74) is 1.25. The van der Waals surface area contributed by atoms with Crippen LogP contribution in [-0.2, 0) is 4.79 Å². The Kier molecular flexibility index (Phi) is 4.96. The SMILES string of the molecule is CCNC(=O)c1cccc(NC(=O)CN2CC[C@@H]3CCC[C@@H]32)c1. The summed E-state index contributed by atoms with van der Waals surface area (Å²) in [6.07, 6.45) is 5.06. The molecule has 0 aromatic heterocycles. The highest BCUT2D eigenvalue weighted by Crippen LogP contribution is 2.37. The molecule has 23 heavy (non-hydrogen) atoms. The monoisotopic (exact) mass is 315 g/mol. The van der Waals surface area contributed by atoms with E-state index in [4.69, 9.17) is 0 Å². The minimum absolute atomic E-state index is 0.00518. The first-order valence-electron chi connectivity index (χ1n) is 8.59. The summed E-state index contributed by atoms with van der Waals surface area (Å²) in [6, 6.07) is 7.70. The molecule has 2 N–H and O–H groups in total. The van der Waals surface area contributed by atoms with Crippen LogP contribution < -0.4 is 10.6 Å². The first-order valence-corrected chi connectivity index (χ1v) is 8.59. The van der Waals surface area contributed by atoms with Crippen LogP contribution in [0.5, 0.6) is 0 Å². The molecule has 1 aliphatic carbocycles. The van der Waals surface area contributed by atoms with Crippen LogP contribution in [0.4, 0.5) is 5.69 Å². The second kappa shape index (κ2) is 7.13. The highest BCUT2D eigenvalue weighted by atomic mass is 16.2. The van der Waals surface area contributed by atoms with Crippen molar-refractivity contribution in [2.24, 2.45) is 5.92 Å². The van der Waals surface area contributed by atoms with Crippen LogP contribution in [0.3, 0.4) is 0 Å². The highest BCUT2D eigenvalue weighted by Gasteiger charge is 2.37. The largest absolute Gasteiger partial charge is 0.352 e. The Morgan fingerprint density at radius 3 is 2.96 bits per heavy atom. The summed E-state index contributed by atoms with van der Waals surface area (Å²) in [4.78, 5) is 26.5. The van der Waals surface area contributed by atoms with Gasteiger partial charge in [-0.15, -0.1) is 0 Å².